The third kappa shape index (κ3) is 4.09. The Bertz CT molecular complexity index is 617. The van der Waals surface area contributed by atoms with Crippen molar-refractivity contribution in [2.45, 2.75) is 38.9 Å². The predicted octanol–water partition coefficient (Wildman–Crippen LogP) is 0.867. The van der Waals surface area contributed by atoms with Gasteiger partial charge in [0.15, 0.2) is 0 Å². The first-order chi connectivity index (χ1) is 10.6. The summed E-state index contributed by atoms with van der Waals surface area (Å²) in [5.41, 5.74) is 3.64. The number of carbonyl (C=O) groups excluding carboxylic acids is 3. The zero-order chi connectivity index (χ0) is 15.5. The van der Waals surface area contributed by atoms with Gasteiger partial charge in [0.05, 0.1) is 0 Å². The summed E-state index contributed by atoms with van der Waals surface area (Å²) in [5, 5.41) is 6.12. The van der Waals surface area contributed by atoms with E-state index in [2.05, 4.69) is 22.8 Å². The van der Waals surface area contributed by atoms with Crippen molar-refractivity contribution in [3.05, 3.63) is 34.9 Å². The van der Waals surface area contributed by atoms with Gasteiger partial charge in [-0.3, -0.25) is 19.3 Å². The molecule has 0 radical (unpaired) electrons. The van der Waals surface area contributed by atoms with Gasteiger partial charge >= 0.3 is 0 Å². The largest absolute Gasteiger partial charge is 0.352 e. The van der Waals surface area contributed by atoms with E-state index in [-0.39, 0.29) is 55.9 Å². The Kier molecular flexibility index (Phi) is 5.74. The number of rotatable bonds is 5. The molecule has 0 aromatic heterocycles. The number of fused-ring (bicyclic) bond motifs is 1. The van der Waals surface area contributed by atoms with Gasteiger partial charge < -0.3 is 10.6 Å². The van der Waals surface area contributed by atoms with Gasteiger partial charge in [0.25, 0.3) is 0 Å². The second kappa shape index (κ2) is 7.57. The average molecular weight is 338 g/mol. The SMILES string of the molecule is Cl.O=C(CCN1C(=O)CCC1=O)NCc1ccc2c(c1)CNC2. The van der Waals surface area contributed by atoms with Crippen LogP contribution in [0.25, 0.3) is 0 Å². The van der Waals surface area contributed by atoms with Gasteiger partial charge in [0, 0.05) is 45.4 Å². The summed E-state index contributed by atoms with van der Waals surface area (Å²) in [6.07, 6.45) is 0.692. The highest BCUT2D eigenvalue weighted by Gasteiger charge is 2.28. The molecule has 3 amide bonds. The molecule has 3 rings (SSSR count). The van der Waals surface area contributed by atoms with Crippen LogP contribution in [0.15, 0.2) is 18.2 Å². The number of benzene rings is 1. The maximum Gasteiger partial charge on any atom is 0.229 e. The number of nitrogens with one attached hydrogen (secondary N) is 2. The number of halogens is 1. The van der Waals surface area contributed by atoms with Crippen molar-refractivity contribution >= 4 is 30.1 Å². The summed E-state index contributed by atoms with van der Waals surface area (Å²) in [6, 6.07) is 6.20. The van der Waals surface area contributed by atoms with Gasteiger partial charge in [0.2, 0.25) is 17.7 Å². The molecule has 0 aliphatic carbocycles. The first kappa shape index (κ1) is 17.4. The molecule has 7 heteroatoms. The van der Waals surface area contributed by atoms with E-state index in [0.29, 0.717) is 6.54 Å². The fourth-order valence-electron chi connectivity index (χ4n) is 2.83. The summed E-state index contributed by atoms with van der Waals surface area (Å²) in [5.74, 6) is -0.501. The molecule has 23 heavy (non-hydrogen) atoms. The molecule has 0 bridgehead atoms. The first-order valence-electron chi connectivity index (χ1n) is 7.55. The lowest BCUT2D eigenvalue weighted by atomic mass is 10.1. The Balaban J connectivity index is 0.00000192. The van der Waals surface area contributed by atoms with Crippen molar-refractivity contribution in [3.63, 3.8) is 0 Å². The highest BCUT2D eigenvalue weighted by Crippen LogP contribution is 2.17. The van der Waals surface area contributed by atoms with Crippen molar-refractivity contribution in [1.29, 1.82) is 0 Å². The zero-order valence-corrected chi connectivity index (χ0v) is 13.6. The van der Waals surface area contributed by atoms with Crippen LogP contribution in [-0.2, 0) is 34.0 Å². The van der Waals surface area contributed by atoms with Gasteiger partial charge in [0.1, 0.15) is 0 Å². The minimum absolute atomic E-state index is 0. The number of nitrogens with zero attached hydrogens (tertiary/aromatic N) is 1. The second-order valence-electron chi connectivity index (χ2n) is 5.67. The van der Waals surface area contributed by atoms with E-state index in [9.17, 15) is 14.4 Å². The molecule has 1 saturated heterocycles. The van der Waals surface area contributed by atoms with Crippen molar-refractivity contribution in [2.75, 3.05) is 6.54 Å². The van der Waals surface area contributed by atoms with Crippen LogP contribution in [0.5, 0.6) is 0 Å². The molecule has 1 aromatic rings. The molecular formula is C16H20ClN3O3. The summed E-state index contributed by atoms with van der Waals surface area (Å²) in [4.78, 5) is 35.9. The summed E-state index contributed by atoms with van der Waals surface area (Å²) in [7, 11) is 0. The van der Waals surface area contributed by atoms with Crippen molar-refractivity contribution in [1.82, 2.24) is 15.5 Å². The van der Waals surface area contributed by atoms with Crippen molar-refractivity contribution in [2.24, 2.45) is 0 Å². The van der Waals surface area contributed by atoms with E-state index < -0.39 is 0 Å². The molecule has 0 unspecified atom stereocenters. The molecule has 1 aromatic carbocycles. The van der Waals surface area contributed by atoms with Gasteiger partial charge in [-0.15, -0.1) is 12.4 Å². The number of hydrogen-bond donors (Lipinski definition) is 2. The fraction of sp³-hybridized carbons (Fsp3) is 0.438. The predicted molar refractivity (Wildman–Crippen MR) is 86.7 cm³/mol. The Morgan fingerprint density at radius 3 is 2.57 bits per heavy atom. The second-order valence-corrected chi connectivity index (χ2v) is 5.67. The Labute approximate surface area is 141 Å². The molecule has 2 aliphatic heterocycles. The average Bonchev–Trinajstić information content (AvgIpc) is 3.10. The number of imide groups is 1. The van der Waals surface area contributed by atoms with Crippen LogP contribution in [0.4, 0.5) is 0 Å². The van der Waals surface area contributed by atoms with E-state index in [0.717, 1.165) is 18.7 Å². The smallest absolute Gasteiger partial charge is 0.229 e. The van der Waals surface area contributed by atoms with E-state index in [4.69, 9.17) is 0 Å². The standard InChI is InChI=1S/C16H19N3O3.ClH/c20-14(5-6-19-15(21)3-4-16(19)22)18-8-11-1-2-12-9-17-10-13(12)7-11;/h1-2,7,17H,3-6,8-10H2,(H,18,20);1H. The number of hydrogen-bond acceptors (Lipinski definition) is 4. The highest BCUT2D eigenvalue weighted by molar-refractivity contribution is 6.02. The molecular weight excluding hydrogens is 318 g/mol. The van der Waals surface area contributed by atoms with E-state index >= 15 is 0 Å². The molecule has 0 saturated carbocycles. The normalized spacial score (nSPS) is 16.3. The molecule has 0 spiro atoms. The molecule has 2 aliphatic rings. The van der Waals surface area contributed by atoms with E-state index in [1.165, 1.54) is 16.0 Å². The van der Waals surface area contributed by atoms with Crippen molar-refractivity contribution < 1.29 is 14.4 Å². The maximum absolute atomic E-state index is 11.8. The minimum atomic E-state index is -0.177. The topological polar surface area (TPSA) is 78.5 Å². The summed E-state index contributed by atoms with van der Waals surface area (Å²) in [6.45, 7) is 2.42. The number of carbonyl (C=O) groups is 3. The highest BCUT2D eigenvalue weighted by atomic mass is 35.5. The Morgan fingerprint density at radius 1 is 1.13 bits per heavy atom. The van der Waals surface area contributed by atoms with Crippen LogP contribution in [0.1, 0.15) is 36.0 Å². The van der Waals surface area contributed by atoms with Gasteiger partial charge in [-0.05, 0) is 16.7 Å². The van der Waals surface area contributed by atoms with Crippen LogP contribution in [0.3, 0.4) is 0 Å². The lowest BCUT2D eigenvalue weighted by molar-refractivity contribution is -0.138. The van der Waals surface area contributed by atoms with Crippen LogP contribution < -0.4 is 10.6 Å². The minimum Gasteiger partial charge on any atom is -0.352 e. The fourth-order valence-corrected chi connectivity index (χ4v) is 2.83. The quantitative estimate of drug-likeness (QED) is 0.781. The molecule has 124 valence electrons. The molecule has 2 heterocycles. The van der Waals surface area contributed by atoms with Crippen molar-refractivity contribution in [3.8, 4) is 0 Å². The third-order valence-electron chi connectivity index (χ3n) is 4.11. The lowest BCUT2D eigenvalue weighted by Gasteiger charge is -2.13. The van der Waals surface area contributed by atoms with E-state index in [1.807, 2.05) is 6.07 Å². The van der Waals surface area contributed by atoms with Crippen LogP contribution in [0.2, 0.25) is 0 Å². The number of amides is 3. The monoisotopic (exact) mass is 337 g/mol. The van der Waals surface area contributed by atoms with Crippen LogP contribution in [-0.4, -0.2) is 29.2 Å². The van der Waals surface area contributed by atoms with Gasteiger partial charge in [-0.25, -0.2) is 0 Å². The first-order valence-corrected chi connectivity index (χ1v) is 7.55. The zero-order valence-electron chi connectivity index (χ0n) is 12.8. The van der Waals surface area contributed by atoms with Gasteiger partial charge in [-0.1, -0.05) is 18.2 Å². The molecule has 0 atom stereocenters. The Morgan fingerprint density at radius 2 is 1.83 bits per heavy atom. The Hall–Kier alpha value is -1.92. The van der Waals surface area contributed by atoms with Gasteiger partial charge in [-0.2, -0.15) is 0 Å². The van der Waals surface area contributed by atoms with Crippen LogP contribution in [0, 0.1) is 0 Å². The lowest BCUT2D eigenvalue weighted by Crippen LogP contribution is -2.34. The third-order valence-corrected chi connectivity index (χ3v) is 4.11. The van der Waals surface area contributed by atoms with Crippen LogP contribution >= 0.6 is 12.4 Å². The number of likely N-dealkylation sites (tertiary alicyclic amines) is 1. The molecule has 6 nitrogen and oxygen atoms in total. The van der Waals surface area contributed by atoms with E-state index in [1.54, 1.807) is 0 Å². The molecule has 2 N–H and O–H groups in total. The summed E-state index contributed by atoms with van der Waals surface area (Å²) < 4.78 is 0. The maximum atomic E-state index is 11.8. The summed E-state index contributed by atoms with van der Waals surface area (Å²) >= 11 is 0. The molecule has 1 fully saturated rings.